The van der Waals surface area contributed by atoms with Crippen LogP contribution in [-0.2, 0) is 19.0 Å². The molecule has 1 aliphatic rings. The summed E-state index contributed by atoms with van der Waals surface area (Å²) in [6, 6.07) is 0. The highest BCUT2D eigenvalue weighted by molar-refractivity contribution is 5.55. The van der Waals surface area contributed by atoms with Crippen molar-refractivity contribution >= 4 is 0 Å². The number of nitrogens with zero attached hydrogens (tertiary/aromatic N) is 4. The van der Waals surface area contributed by atoms with Crippen molar-refractivity contribution in [1.29, 1.82) is 0 Å². The van der Waals surface area contributed by atoms with Crippen LogP contribution in [0.3, 0.4) is 0 Å². The molecule has 0 radical (unpaired) electrons. The van der Waals surface area contributed by atoms with Gasteiger partial charge >= 0.3 is 0 Å². The summed E-state index contributed by atoms with van der Waals surface area (Å²) in [5, 5.41) is 8.47. The summed E-state index contributed by atoms with van der Waals surface area (Å²) in [6.07, 6.45) is 6.87. The fourth-order valence-corrected chi connectivity index (χ4v) is 2.74. The van der Waals surface area contributed by atoms with Gasteiger partial charge in [-0.15, -0.1) is 0 Å². The van der Waals surface area contributed by atoms with E-state index in [9.17, 15) is 0 Å². The molecule has 6 heteroatoms. The highest BCUT2D eigenvalue weighted by atomic mass is 16.5. The third-order valence-corrected chi connectivity index (χ3v) is 3.84. The van der Waals surface area contributed by atoms with Gasteiger partial charge in [-0.1, -0.05) is 24.9 Å². The van der Waals surface area contributed by atoms with Crippen molar-refractivity contribution in [1.82, 2.24) is 19.9 Å². The van der Waals surface area contributed by atoms with Gasteiger partial charge in [0, 0.05) is 13.2 Å². The van der Waals surface area contributed by atoms with Gasteiger partial charge in [0.15, 0.2) is 5.82 Å². The number of rotatable bonds is 3. The summed E-state index contributed by atoms with van der Waals surface area (Å²) < 4.78 is 7.16. The molecule has 0 amide bonds. The van der Waals surface area contributed by atoms with Crippen molar-refractivity contribution in [3.8, 4) is 11.5 Å². The number of hydrogen-bond acceptors (Lipinski definition) is 5. The molecule has 6 nitrogen and oxygen atoms in total. The minimum atomic E-state index is -0.406. The van der Waals surface area contributed by atoms with E-state index in [1.165, 1.54) is 0 Å². The van der Waals surface area contributed by atoms with Crippen LogP contribution in [0.2, 0.25) is 0 Å². The Morgan fingerprint density at radius 3 is 2.84 bits per heavy atom. The Bertz CT molecular complexity index is 580. The number of nitrogens with two attached hydrogens (primary N) is 1. The normalized spacial score (nSPS) is 18.1. The number of aryl methyl sites for hydroxylation is 2. The average Bonchev–Trinajstić information content (AvgIpc) is 3.07. The van der Waals surface area contributed by atoms with Crippen LogP contribution >= 0.6 is 0 Å². The van der Waals surface area contributed by atoms with Gasteiger partial charge in [0.1, 0.15) is 0 Å². The Labute approximate surface area is 112 Å². The third kappa shape index (κ3) is 2.06. The fraction of sp³-hybridized carbons (Fsp3) is 0.615. The molecule has 1 saturated carbocycles. The lowest BCUT2D eigenvalue weighted by Crippen LogP contribution is -2.34. The van der Waals surface area contributed by atoms with Gasteiger partial charge in [-0.2, -0.15) is 10.1 Å². The van der Waals surface area contributed by atoms with E-state index in [1.54, 1.807) is 4.68 Å². The van der Waals surface area contributed by atoms with Crippen molar-refractivity contribution in [3.63, 3.8) is 0 Å². The zero-order valence-electron chi connectivity index (χ0n) is 11.4. The monoisotopic (exact) mass is 261 g/mol. The van der Waals surface area contributed by atoms with Crippen molar-refractivity contribution in [2.75, 3.05) is 0 Å². The second kappa shape index (κ2) is 4.45. The van der Waals surface area contributed by atoms with E-state index >= 15 is 0 Å². The van der Waals surface area contributed by atoms with Crippen LogP contribution in [0.4, 0.5) is 0 Å². The molecule has 0 bridgehead atoms. The van der Waals surface area contributed by atoms with Gasteiger partial charge in [0.25, 0.3) is 5.89 Å². The first-order valence-corrected chi connectivity index (χ1v) is 6.78. The van der Waals surface area contributed by atoms with Crippen molar-refractivity contribution < 1.29 is 4.52 Å². The molecule has 2 heterocycles. The van der Waals surface area contributed by atoms with E-state index in [1.807, 2.05) is 13.2 Å². The molecule has 0 spiro atoms. The van der Waals surface area contributed by atoms with E-state index in [0.717, 1.165) is 43.4 Å². The summed E-state index contributed by atoms with van der Waals surface area (Å²) in [5.74, 6) is 1.16. The van der Waals surface area contributed by atoms with Gasteiger partial charge < -0.3 is 10.3 Å². The molecular weight excluding hydrogens is 242 g/mol. The SMILES string of the molecule is CCc1nn(C)cc1-c1nc(C2(N)CCCC2)no1. The highest BCUT2D eigenvalue weighted by Gasteiger charge is 2.36. The largest absolute Gasteiger partial charge is 0.334 e. The maximum atomic E-state index is 6.34. The standard InChI is InChI=1S/C13H19N5O/c1-3-10-9(8-18(2)16-10)11-15-12(17-19-11)13(14)6-4-5-7-13/h8H,3-7,14H2,1-2H3. The smallest absolute Gasteiger partial charge is 0.261 e. The topological polar surface area (TPSA) is 82.8 Å². The Kier molecular flexibility index (Phi) is 2.89. The van der Waals surface area contributed by atoms with E-state index in [2.05, 4.69) is 22.2 Å². The average molecular weight is 261 g/mol. The number of aromatic nitrogens is 4. The highest BCUT2D eigenvalue weighted by Crippen LogP contribution is 2.35. The van der Waals surface area contributed by atoms with Gasteiger partial charge in [-0.3, -0.25) is 4.68 Å². The predicted octanol–water partition coefficient (Wildman–Crippen LogP) is 1.76. The van der Waals surface area contributed by atoms with Crippen LogP contribution in [0.25, 0.3) is 11.5 Å². The molecule has 0 aromatic carbocycles. The van der Waals surface area contributed by atoms with Crippen LogP contribution in [0.1, 0.15) is 44.1 Å². The predicted molar refractivity (Wildman–Crippen MR) is 70.2 cm³/mol. The Morgan fingerprint density at radius 1 is 1.42 bits per heavy atom. The van der Waals surface area contributed by atoms with Crippen LogP contribution in [-0.4, -0.2) is 19.9 Å². The van der Waals surface area contributed by atoms with Gasteiger partial charge in [-0.25, -0.2) is 0 Å². The molecule has 2 aromatic heterocycles. The van der Waals surface area contributed by atoms with Gasteiger partial charge in [0.2, 0.25) is 0 Å². The maximum absolute atomic E-state index is 6.34. The molecule has 2 aromatic rings. The Balaban J connectivity index is 1.96. The molecule has 102 valence electrons. The Morgan fingerprint density at radius 2 is 2.16 bits per heavy atom. The van der Waals surface area contributed by atoms with E-state index < -0.39 is 5.54 Å². The summed E-state index contributed by atoms with van der Waals surface area (Å²) in [7, 11) is 1.89. The molecule has 0 unspecified atom stereocenters. The maximum Gasteiger partial charge on any atom is 0.261 e. The minimum Gasteiger partial charge on any atom is -0.334 e. The first-order chi connectivity index (χ1) is 9.12. The number of hydrogen-bond donors (Lipinski definition) is 1. The van der Waals surface area contributed by atoms with Gasteiger partial charge in [-0.05, 0) is 19.3 Å². The van der Waals surface area contributed by atoms with Crippen LogP contribution in [0, 0.1) is 0 Å². The molecule has 0 aliphatic heterocycles. The minimum absolute atomic E-state index is 0.406. The lowest BCUT2D eigenvalue weighted by Gasteiger charge is -2.17. The zero-order chi connectivity index (χ0) is 13.5. The summed E-state index contributed by atoms with van der Waals surface area (Å²) in [5.41, 5.74) is 7.81. The van der Waals surface area contributed by atoms with Crippen molar-refractivity contribution in [2.24, 2.45) is 12.8 Å². The molecule has 3 rings (SSSR count). The van der Waals surface area contributed by atoms with Gasteiger partial charge in [0.05, 0.1) is 16.8 Å². The first-order valence-electron chi connectivity index (χ1n) is 6.78. The molecule has 1 aliphatic carbocycles. The zero-order valence-corrected chi connectivity index (χ0v) is 11.4. The summed E-state index contributed by atoms with van der Waals surface area (Å²) in [6.45, 7) is 2.06. The molecule has 0 atom stereocenters. The lowest BCUT2D eigenvalue weighted by atomic mass is 9.99. The summed E-state index contributed by atoms with van der Waals surface area (Å²) >= 11 is 0. The second-order valence-electron chi connectivity index (χ2n) is 5.30. The van der Waals surface area contributed by atoms with Crippen LogP contribution in [0.5, 0.6) is 0 Å². The quantitative estimate of drug-likeness (QED) is 0.910. The third-order valence-electron chi connectivity index (χ3n) is 3.84. The molecule has 2 N–H and O–H groups in total. The van der Waals surface area contributed by atoms with Crippen molar-refractivity contribution in [2.45, 2.75) is 44.6 Å². The molecule has 0 saturated heterocycles. The van der Waals surface area contributed by atoms with Crippen molar-refractivity contribution in [3.05, 3.63) is 17.7 Å². The van der Waals surface area contributed by atoms with E-state index in [0.29, 0.717) is 11.7 Å². The van der Waals surface area contributed by atoms with Crippen LogP contribution < -0.4 is 5.73 Å². The second-order valence-corrected chi connectivity index (χ2v) is 5.30. The molecular formula is C13H19N5O. The molecule has 19 heavy (non-hydrogen) atoms. The fourth-order valence-electron chi connectivity index (χ4n) is 2.74. The van der Waals surface area contributed by atoms with E-state index in [4.69, 9.17) is 10.3 Å². The Hall–Kier alpha value is -1.69. The summed E-state index contributed by atoms with van der Waals surface area (Å²) in [4.78, 5) is 4.50. The van der Waals surface area contributed by atoms with E-state index in [-0.39, 0.29) is 0 Å². The first kappa shape index (κ1) is 12.3. The van der Waals surface area contributed by atoms with Crippen LogP contribution in [0.15, 0.2) is 10.7 Å². The lowest BCUT2D eigenvalue weighted by molar-refractivity contribution is 0.372. The molecule has 1 fully saturated rings.